The molecule has 0 aromatic heterocycles. The lowest BCUT2D eigenvalue weighted by molar-refractivity contribution is -0.157. The van der Waals surface area contributed by atoms with Gasteiger partial charge in [-0.05, 0) is 0 Å². The molecule has 0 aromatic carbocycles. The summed E-state index contributed by atoms with van der Waals surface area (Å²) in [4.78, 5) is 10.9. The van der Waals surface area contributed by atoms with Gasteiger partial charge in [0.25, 0.3) is 0 Å². The minimum atomic E-state index is -1.34. The average Bonchev–Trinajstić information content (AvgIpc) is 2.43. The molecule has 6 nitrogen and oxygen atoms in total. The van der Waals surface area contributed by atoms with Crippen molar-refractivity contribution in [3.63, 3.8) is 0 Å². The molecule has 0 amide bonds. The number of ether oxygens (including phenoxy) is 2. The largest absolute Gasteiger partial charge is 0.467 e. The van der Waals surface area contributed by atoms with E-state index in [1.165, 1.54) is 0 Å². The number of hydrogen-bond donors (Lipinski definition) is 3. The van der Waals surface area contributed by atoms with Crippen molar-refractivity contribution in [3.05, 3.63) is 0 Å². The highest BCUT2D eigenvalue weighted by atomic mass is 16.6. The Bertz CT molecular complexity index is 193. The van der Waals surface area contributed by atoms with E-state index in [9.17, 15) is 15.0 Å². The van der Waals surface area contributed by atoms with Gasteiger partial charge in [-0.15, -0.1) is 0 Å². The molecular formula is C7H12O6. The summed E-state index contributed by atoms with van der Waals surface area (Å²) in [5.74, 6) is -0.762. The van der Waals surface area contributed by atoms with Gasteiger partial charge >= 0.3 is 5.97 Å². The van der Waals surface area contributed by atoms with Crippen LogP contribution in [0.25, 0.3) is 0 Å². The van der Waals surface area contributed by atoms with E-state index in [0.717, 1.165) is 7.11 Å². The maximum absolute atomic E-state index is 10.9. The first kappa shape index (κ1) is 10.4. The number of rotatable bonds is 2. The molecule has 0 radical (unpaired) electrons. The summed E-state index contributed by atoms with van der Waals surface area (Å²) in [7, 11) is 1.15. The quantitative estimate of drug-likeness (QED) is 0.423. The molecule has 6 heteroatoms. The van der Waals surface area contributed by atoms with Crippen molar-refractivity contribution in [2.24, 2.45) is 0 Å². The van der Waals surface area contributed by atoms with Crippen LogP contribution in [0.5, 0.6) is 0 Å². The predicted molar refractivity (Wildman–Crippen MR) is 39.8 cm³/mol. The number of carbonyl (C=O) groups excluding carboxylic acids is 1. The Balaban J connectivity index is 2.65. The highest BCUT2D eigenvalue weighted by Crippen LogP contribution is 2.21. The van der Waals surface area contributed by atoms with Gasteiger partial charge in [-0.1, -0.05) is 0 Å². The van der Waals surface area contributed by atoms with Crippen molar-refractivity contribution in [2.45, 2.75) is 24.4 Å². The van der Waals surface area contributed by atoms with Gasteiger partial charge in [0.15, 0.2) is 6.10 Å². The molecule has 13 heavy (non-hydrogen) atoms. The Labute approximate surface area is 74.7 Å². The molecule has 1 fully saturated rings. The van der Waals surface area contributed by atoms with Crippen LogP contribution < -0.4 is 0 Å². The SMILES string of the molecule is COC(=O)[C@@H]1O[C@H](CO)[C@@H](O)[C@@H]1O. The molecule has 1 aliphatic heterocycles. The molecule has 0 aliphatic carbocycles. The Kier molecular flexibility index (Phi) is 3.21. The number of methoxy groups -OCH3 is 1. The number of aliphatic hydroxyl groups is 3. The zero-order chi connectivity index (χ0) is 10.0. The second kappa shape index (κ2) is 4.01. The van der Waals surface area contributed by atoms with E-state index in [2.05, 4.69) is 4.74 Å². The predicted octanol–water partition coefficient (Wildman–Crippen LogP) is -2.36. The van der Waals surface area contributed by atoms with E-state index < -0.39 is 37.0 Å². The van der Waals surface area contributed by atoms with Crippen LogP contribution >= 0.6 is 0 Å². The first-order valence-electron chi connectivity index (χ1n) is 3.82. The lowest BCUT2D eigenvalue weighted by atomic mass is 10.1. The first-order valence-corrected chi connectivity index (χ1v) is 3.82. The van der Waals surface area contributed by atoms with E-state index in [-0.39, 0.29) is 0 Å². The van der Waals surface area contributed by atoms with Crippen LogP contribution in [0.15, 0.2) is 0 Å². The van der Waals surface area contributed by atoms with Gasteiger partial charge in [0, 0.05) is 0 Å². The normalized spacial score (nSPS) is 39.1. The van der Waals surface area contributed by atoms with Gasteiger partial charge in [-0.3, -0.25) is 0 Å². The average molecular weight is 192 g/mol. The number of aliphatic hydroxyl groups excluding tert-OH is 3. The summed E-state index contributed by atoms with van der Waals surface area (Å²) >= 11 is 0. The molecular weight excluding hydrogens is 180 g/mol. The molecule has 1 heterocycles. The fourth-order valence-corrected chi connectivity index (χ4v) is 1.21. The van der Waals surface area contributed by atoms with Crippen LogP contribution in [0, 0.1) is 0 Å². The monoisotopic (exact) mass is 192 g/mol. The summed E-state index contributed by atoms with van der Waals surface area (Å²) in [6.07, 6.45) is -4.74. The van der Waals surface area contributed by atoms with E-state index in [1.807, 2.05) is 0 Å². The Morgan fingerprint density at radius 1 is 1.46 bits per heavy atom. The summed E-state index contributed by atoms with van der Waals surface area (Å²) in [5.41, 5.74) is 0. The minimum absolute atomic E-state index is 0.453. The van der Waals surface area contributed by atoms with Crippen molar-refractivity contribution >= 4 is 5.97 Å². The van der Waals surface area contributed by atoms with Crippen LogP contribution in [-0.2, 0) is 14.3 Å². The van der Waals surface area contributed by atoms with E-state index in [1.54, 1.807) is 0 Å². The second-order valence-corrected chi connectivity index (χ2v) is 2.78. The summed E-state index contributed by atoms with van der Waals surface area (Å²) in [6, 6.07) is 0. The molecule has 0 saturated carbocycles. The second-order valence-electron chi connectivity index (χ2n) is 2.78. The molecule has 0 spiro atoms. The standard InChI is InChI=1S/C7H12O6/c1-12-7(11)6-5(10)4(9)3(2-8)13-6/h3-6,8-10H,2H2,1H3/t3-,4-,5+,6-/m1/s1. The third-order valence-corrected chi connectivity index (χ3v) is 1.98. The molecule has 1 saturated heterocycles. The molecule has 4 atom stereocenters. The van der Waals surface area contributed by atoms with Crippen LogP contribution in [0.2, 0.25) is 0 Å². The fourth-order valence-electron chi connectivity index (χ4n) is 1.21. The van der Waals surface area contributed by atoms with Gasteiger partial charge < -0.3 is 24.8 Å². The maximum atomic E-state index is 10.9. The topological polar surface area (TPSA) is 96.2 Å². The summed E-state index contributed by atoms with van der Waals surface area (Å²) in [5, 5.41) is 27.2. The third-order valence-electron chi connectivity index (χ3n) is 1.98. The summed E-state index contributed by atoms with van der Waals surface area (Å²) < 4.78 is 9.19. The Morgan fingerprint density at radius 2 is 2.08 bits per heavy atom. The van der Waals surface area contributed by atoms with Gasteiger partial charge in [-0.2, -0.15) is 0 Å². The number of esters is 1. The number of hydrogen-bond acceptors (Lipinski definition) is 6. The highest BCUT2D eigenvalue weighted by Gasteiger charge is 2.46. The van der Waals surface area contributed by atoms with Gasteiger partial charge in [-0.25, -0.2) is 4.79 Å². The maximum Gasteiger partial charge on any atom is 0.337 e. The van der Waals surface area contributed by atoms with Crippen molar-refractivity contribution in [3.8, 4) is 0 Å². The molecule has 3 N–H and O–H groups in total. The molecule has 0 unspecified atom stereocenters. The lowest BCUT2D eigenvalue weighted by Crippen LogP contribution is -2.37. The van der Waals surface area contributed by atoms with Gasteiger partial charge in [0.2, 0.25) is 0 Å². The zero-order valence-electron chi connectivity index (χ0n) is 7.08. The van der Waals surface area contributed by atoms with Crippen molar-refractivity contribution in [1.82, 2.24) is 0 Å². The molecule has 0 aromatic rings. The van der Waals surface area contributed by atoms with Gasteiger partial charge in [0.05, 0.1) is 13.7 Å². The van der Waals surface area contributed by atoms with Crippen molar-refractivity contribution < 1.29 is 29.6 Å². The molecule has 1 rings (SSSR count). The van der Waals surface area contributed by atoms with E-state index in [0.29, 0.717) is 0 Å². The zero-order valence-corrected chi connectivity index (χ0v) is 7.08. The smallest absolute Gasteiger partial charge is 0.337 e. The van der Waals surface area contributed by atoms with Crippen molar-refractivity contribution in [1.29, 1.82) is 0 Å². The molecule has 76 valence electrons. The Morgan fingerprint density at radius 3 is 2.46 bits per heavy atom. The summed E-state index contributed by atoms with van der Waals surface area (Å²) in [6.45, 7) is -0.453. The van der Waals surface area contributed by atoms with Crippen LogP contribution in [0.1, 0.15) is 0 Å². The molecule has 0 bridgehead atoms. The lowest BCUT2D eigenvalue weighted by Gasteiger charge is -2.11. The van der Waals surface area contributed by atoms with Crippen LogP contribution in [0.4, 0.5) is 0 Å². The van der Waals surface area contributed by atoms with Gasteiger partial charge in [0.1, 0.15) is 18.3 Å². The third kappa shape index (κ3) is 1.80. The highest BCUT2D eigenvalue weighted by molar-refractivity contribution is 5.75. The van der Waals surface area contributed by atoms with Crippen LogP contribution in [-0.4, -0.2) is 59.4 Å². The number of carbonyl (C=O) groups is 1. The van der Waals surface area contributed by atoms with E-state index in [4.69, 9.17) is 9.84 Å². The van der Waals surface area contributed by atoms with Crippen molar-refractivity contribution in [2.75, 3.05) is 13.7 Å². The first-order chi connectivity index (χ1) is 6.11. The minimum Gasteiger partial charge on any atom is -0.467 e. The molecule has 1 aliphatic rings. The van der Waals surface area contributed by atoms with E-state index >= 15 is 0 Å². The van der Waals surface area contributed by atoms with Crippen LogP contribution in [0.3, 0.4) is 0 Å². The Hall–Kier alpha value is -0.690. The fraction of sp³-hybridized carbons (Fsp3) is 0.857.